The zero-order valence-electron chi connectivity index (χ0n) is 5.40. The Balaban J connectivity index is 3.55. The summed E-state index contributed by atoms with van der Waals surface area (Å²) in [7, 11) is 0. The van der Waals surface area contributed by atoms with Gasteiger partial charge in [0.15, 0.2) is 0 Å². The summed E-state index contributed by atoms with van der Waals surface area (Å²) in [4.78, 5) is 9.85. The molecule has 0 radical (unpaired) electrons. The molecule has 0 aromatic rings. The first-order valence-electron chi connectivity index (χ1n) is 2.87. The maximum atomic E-state index is 9.85. The van der Waals surface area contributed by atoms with Gasteiger partial charge in [0.1, 0.15) is 0 Å². The number of carbonyl (C=O) groups is 1. The van der Waals surface area contributed by atoms with Crippen LogP contribution in [0.15, 0.2) is 12.2 Å². The number of aliphatic hydroxyl groups excluding tert-OH is 2. The number of aliphatic carboxylic acids is 1. The van der Waals surface area contributed by atoms with E-state index in [9.17, 15) is 4.79 Å². The molecule has 0 aromatic heterocycles. The molecule has 58 valence electrons. The second-order valence-electron chi connectivity index (χ2n) is 1.78. The van der Waals surface area contributed by atoms with Gasteiger partial charge in [0.2, 0.25) is 0 Å². The highest BCUT2D eigenvalue weighted by atomic mass is 16.4. The van der Waals surface area contributed by atoms with Crippen LogP contribution in [0.2, 0.25) is 0 Å². The maximum Gasteiger partial charge on any atom is 0.328 e. The number of hydrogen-bond acceptors (Lipinski definition) is 3. The SMILES string of the molecule is O=C(O)C=CC(O)CCO. The second kappa shape index (κ2) is 4.96. The molecule has 1 unspecified atom stereocenters. The van der Waals surface area contributed by atoms with Gasteiger partial charge in [0, 0.05) is 12.7 Å². The third kappa shape index (κ3) is 5.27. The van der Waals surface area contributed by atoms with Gasteiger partial charge in [0.05, 0.1) is 6.10 Å². The van der Waals surface area contributed by atoms with E-state index in [2.05, 4.69) is 0 Å². The predicted octanol–water partition coefficient (Wildman–Crippen LogP) is -0.629. The van der Waals surface area contributed by atoms with E-state index in [4.69, 9.17) is 15.3 Å². The van der Waals surface area contributed by atoms with Crippen molar-refractivity contribution in [3.8, 4) is 0 Å². The summed E-state index contributed by atoms with van der Waals surface area (Å²) < 4.78 is 0. The van der Waals surface area contributed by atoms with Crippen LogP contribution < -0.4 is 0 Å². The Bertz CT molecular complexity index is 130. The van der Waals surface area contributed by atoms with E-state index in [1.54, 1.807) is 0 Å². The average Bonchev–Trinajstić information content (AvgIpc) is 1.85. The van der Waals surface area contributed by atoms with Crippen molar-refractivity contribution in [3.63, 3.8) is 0 Å². The fourth-order valence-corrected chi connectivity index (χ4v) is 0.422. The first-order chi connectivity index (χ1) is 4.66. The molecule has 0 spiro atoms. The Labute approximate surface area is 58.4 Å². The highest BCUT2D eigenvalue weighted by Crippen LogP contribution is 1.91. The topological polar surface area (TPSA) is 77.8 Å². The molecule has 0 aromatic carbocycles. The van der Waals surface area contributed by atoms with Gasteiger partial charge in [-0.15, -0.1) is 0 Å². The monoisotopic (exact) mass is 146 g/mol. The molecular weight excluding hydrogens is 136 g/mol. The largest absolute Gasteiger partial charge is 0.478 e. The molecular formula is C6H10O4. The van der Waals surface area contributed by atoms with Crippen LogP contribution in [0.25, 0.3) is 0 Å². The van der Waals surface area contributed by atoms with Crippen molar-refractivity contribution >= 4 is 5.97 Å². The van der Waals surface area contributed by atoms with Crippen LogP contribution in [0.4, 0.5) is 0 Å². The molecule has 0 rings (SSSR count). The van der Waals surface area contributed by atoms with Gasteiger partial charge in [-0.2, -0.15) is 0 Å². The molecule has 0 aliphatic carbocycles. The van der Waals surface area contributed by atoms with Gasteiger partial charge in [0.25, 0.3) is 0 Å². The minimum Gasteiger partial charge on any atom is -0.478 e. The fraction of sp³-hybridized carbons (Fsp3) is 0.500. The van der Waals surface area contributed by atoms with Crippen molar-refractivity contribution in [1.82, 2.24) is 0 Å². The van der Waals surface area contributed by atoms with Crippen LogP contribution in [0.3, 0.4) is 0 Å². The Morgan fingerprint density at radius 2 is 2.20 bits per heavy atom. The van der Waals surface area contributed by atoms with Crippen LogP contribution in [0.1, 0.15) is 6.42 Å². The number of carboxylic acid groups (broad SMARTS) is 1. The molecule has 0 saturated heterocycles. The van der Waals surface area contributed by atoms with Crippen molar-refractivity contribution in [2.45, 2.75) is 12.5 Å². The number of rotatable bonds is 4. The van der Waals surface area contributed by atoms with Crippen LogP contribution in [-0.4, -0.2) is 34.0 Å². The van der Waals surface area contributed by atoms with Crippen molar-refractivity contribution in [1.29, 1.82) is 0 Å². The molecule has 4 heteroatoms. The molecule has 1 atom stereocenters. The number of carboxylic acids is 1. The smallest absolute Gasteiger partial charge is 0.328 e. The minimum absolute atomic E-state index is 0.148. The van der Waals surface area contributed by atoms with E-state index in [0.717, 1.165) is 12.2 Å². The van der Waals surface area contributed by atoms with E-state index in [0.29, 0.717) is 0 Å². The summed E-state index contributed by atoms with van der Waals surface area (Å²) in [6.07, 6.45) is 1.28. The van der Waals surface area contributed by atoms with E-state index < -0.39 is 12.1 Å². The lowest BCUT2D eigenvalue weighted by Gasteiger charge is -1.98. The number of aliphatic hydroxyl groups is 2. The van der Waals surface area contributed by atoms with Crippen molar-refractivity contribution in [3.05, 3.63) is 12.2 Å². The summed E-state index contributed by atoms with van der Waals surface area (Å²) >= 11 is 0. The zero-order valence-corrected chi connectivity index (χ0v) is 5.40. The standard InChI is InChI=1S/C6H10O4/c7-4-3-5(8)1-2-6(9)10/h1-2,5,7-8H,3-4H2,(H,9,10). The summed E-state index contributed by atoms with van der Waals surface area (Å²) in [5, 5.41) is 25.1. The molecule has 3 N–H and O–H groups in total. The van der Waals surface area contributed by atoms with Crippen molar-refractivity contribution in [2.75, 3.05) is 6.61 Å². The predicted molar refractivity (Wildman–Crippen MR) is 34.5 cm³/mol. The van der Waals surface area contributed by atoms with Crippen LogP contribution in [-0.2, 0) is 4.79 Å². The van der Waals surface area contributed by atoms with E-state index >= 15 is 0 Å². The van der Waals surface area contributed by atoms with E-state index in [1.165, 1.54) is 0 Å². The highest BCUT2D eigenvalue weighted by Gasteiger charge is 1.96. The molecule has 0 saturated carbocycles. The average molecular weight is 146 g/mol. The van der Waals surface area contributed by atoms with Crippen molar-refractivity contribution < 1.29 is 20.1 Å². The Hall–Kier alpha value is -0.870. The molecule has 0 fully saturated rings. The number of hydrogen-bond donors (Lipinski definition) is 3. The van der Waals surface area contributed by atoms with Gasteiger partial charge >= 0.3 is 5.97 Å². The Morgan fingerprint density at radius 1 is 1.60 bits per heavy atom. The summed E-state index contributed by atoms with van der Waals surface area (Å²) in [6, 6.07) is 0. The zero-order chi connectivity index (χ0) is 7.98. The quantitative estimate of drug-likeness (QED) is 0.461. The molecule has 0 heterocycles. The first-order valence-corrected chi connectivity index (χ1v) is 2.87. The molecule has 0 aliphatic heterocycles. The van der Waals surface area contributed by atoms with Crippen molar-refractivity contribution in [2.24, 2.45) is 0 Å². The van der Waals surface area contributed by atoms with Crippen LogP contribution >= 0.6 is 0 Å². The summed E-state index contributed by atoms with van der Waals surface area (Å²) in [6.45, 7) is -0.148. The minimum atomic E-state index is -1.10. The molecule has 0 aliphatic rings. The lowest BCUT2D eigenvalue weighted by molar-refractivity contribution is -0.131. The third-order valence-electron chi connectivity index (χ3n) is 0.886. The molecule has 0 bridgehead atoms. The lowest BCUT2D eigenvalue weighted by atomic mass is 10.2. The summed E-state index contributed by atoms with van der Waals surface area (Å²) in [5.41, 5.74) is 0. The van der Waals surface area contributed by atoms with Gasteiger partial charge in [-0.3, -0.25) is 0 Å². The fourth-order valence-electron chi connectivity index (χ4n) is 0.422. The second-order valence-corrected chi connectivity index (χ2v) is 1.78. The third-order valence-corrected chi connectivity index (χ3v) is 0.886. The van der Waals surface area contributed by atoms with E-state index in [-0.39, 0.29) is 13.0 Å². The van der Waals surface area contributed by atoms with Gasteiger partial charge in [-0.1, -0.05) is 0 Å². The van der Waals surface area contributed by atoms with E-state index in [1.807, 2.05) is 0 Å². The van der Waals surface area contributed by atoms with Gasteiger partial charge in [-0.05, 0) is 12.5 Å². The maximum absolute atomic E-state index is 9.85. The van der Waals surface area contributed by atoms with Crippen LogP contribution in [0.5, 0.6) is 0 Å². The summed E-state index contributed by atoms with van der Waals surface area (Å²) in [5.74, 6) is -1.10. The van der Waals surface area contributed by atoms with Gasteiger partial charge < -0.3 is 15.3 Å². The van der Waals surface area contributed by atoms with Gasteiger partial charge in [-0.25, -0.2) is 4.79 Å². The normalized spacial score (nSPS) is 13.8. The van der Waals surface area contributed by atoms with Crippen LogP contribution in [0, 0.1) is 0 Å². The Kier molecular flexibility index (Phi) is 4.53. The molecule has 0 amide bonds. The first kappa shape index (κ1) is 9.13. The highest BCUT2D eigenvalue weighted by molar-refractivity contribution is 5.79. The Morgan fingerprint density at radius 3 is 2.60 bits per heavy atom. The lowest BCUT2D eigenvalue weighted by Crippen LogP contribution is -2.05. The molecule has 10 heavy (non-hydrogen) atoms. The molecule has 4 nitrogen and oxygen atoms in total.